The Labute approximate surface area is 93.0 Å². The number of carbonyl (C=O) groups is 1. The summed E-state index contributed by atoms with van der Waals surface area (Å²) >= 11 is 1.65. The van der Waals surface area contributed by atoms with Gasteiger partial charge in [-0.3, -0.25) is 4.79 Å². The minimum Gasteiger partial charge on any atom is -0.464 e. The minimum atomic E-state index is -0.682. The first-order chi connectivity index (χ1) is 7.24. The zero-order valence-corrected chi connectivity index (χ0v) is 9.46. The largest absolute Gasteiger partial charge is 0.464 e. The number of methoxy groups -OCH3 is 1. The molecule has 0 aliphatic heterocycles. The number of rotatable bonds is 6. The molecule has 0 aliphatic carbocycles. The molecule has 4 nitrogen and oxygen atoms in total. The maximum atomic E-state index is 11.2. The lowest BCUT2D eigenvalue weighted by Gasteiger charge is -2.09. The summed E-state index contributed by atoms with van der Waals surface area (Å²) in [4.78, 5) is 12.4. The second-order valence-electron chi connectivity index (χ2n) is 3.06. The molecule has 5 heteroatoms. The fourth-order valence-electron chi connectivity index (χ4n) is 1.06. The van der Waals surface area contributed by atoms with E-state index in [2.05, 4.69) is 0 Å². The summed E-state index contributed by atoms with van der Waals surface area (Å²) in [7, 11) is 1.50. The van der Waals surface area contributed by atoms with Gasteiger partial charge in [0.2, 0.25) is 0 Å². The lowest BCUT2D eigenvalue weighted by Crippen LogP contribution is -2.36. The molecule has 0 fully saturated rings. The highest BCUT2D eigenvalue weighted by Gasteiger charge is 2.14. The van der Waals surface area contributed by atoms with E-state index < -0.39 is 12.0 Å². The van der Waals surface area contributed by atoms with Gasteiger partial charge < -0.3 is 15.2 Å². The number of ether oxygens (including phenoxy) is 2. The average Bonchev–Trinajstić information content (AvgIpc) is 2.71. The summed E-state index contributed by atoms with van der Waals surface area (Å²) in [5, 5.41) is 1.99. The Morgan fingerprint density at radius 2 is 2.47 bits per heavy atom. The highest BCUT2D eigenvalue weighted by Crippen LogP contribution is 2.08. The van der Waals surface area contributed by atoms with E-state index >= 15 is 0 Å². The fourth-order valence-corrected chi connectivity index (χ4v) is 1.75. The van der Waals surface area contributed by atoms with E-state index in [1.165, 1.54) is 12.0 Å². The van der Waals surface area contributed by atoms with E-state index in [1.807, 2.05) is 17.5 Å². The first kappa shape index (κ1) is 12.2. The van der Waals surface area contributed by atoms with Crippen molar-refractivity contribution in [2.45, 2.75) is 12.5 Å². The molecule has 0 bridgehead atoms. The Hall–Kier alpha value is -0.910. The molecule has 15 heavy (non-hydrogen) atoms. The Bertz CT molecular complexity index is 287. The van der Waals surface area contributed by atoms with Gasteiger partial charge in [-0.1, -0.05) is 6.07 Å². The Kier molecular flexibility index (Phi) is 5.31. The molecule has 0 spiro atoms. The van der Waals surface area contributed by atoms with Crippen molar-refractivity contribution in [2.24, 2.45) is 5.73 Å². The standard InChI is InChI=1S/C10H15NO3S/c1-13-7-9(11)10(12)14-5-4-8-3-2-6-15-8/h2-3,6,9H,4-5,7,11H2,1H3. The smallest absolute Gasteiger partial charge is 0.325 e. The molecular formula is C10H15NO3S. The lowest BCUT2D eigenvalue weighted by atomic mass is 10.3. The SMILES string of the molecule is COCC(N)C(=O)OCCc1cccs1. The van der Waals surface area contributed by atoms with Crippen molar-refractivity contribution >= 4 is 17.3 Å². The Morgan fingerprint density at radius 1 is 1.67 bits per heavy atom. The molecule has 1 rings (SSSR count). The maximum absolute atomic E-state index is 11.2. The number of nitrogens with two attached hydrogens (primary N) is 1. The van der Waals surface area contributed by atoms with Crippen molar-refractivity contribution in [3.8, 4) is 0 Å². The number of hydrogen-bond donors (Lipinski definition) is 1. The van der Waals surface area contributed by atoms with Gasteiger partial charge >= 0.3 is 5.97 Å². The van der Waals surface area contributed by atoms with Crippen LogP contribution < -0.4 is 5.73 Å². The topological polar surface area (TPSA) is 61.5 Å². The van der Waals surface area contributed by atoms with Crippen molar-refractivity contribution in [2.75, 3.05) is 20.3 Å². The van der Waals surface area contributed by atoms with Gasteiger partial charge in [0.1, 0.15) is 6.04 Å². The van der Waals surface area contributed by atoms with Gasteiger partial charge in [-0.05, 0) is 11.4 Å². The molecule has 0 aromatic carbocycles. The summed E-state index contributed by atoms with van der Waals surface area (Å²) in [6, 6.07) is 3.30. The van der Waals surface area contributed by atoms with Crippen LogP contribution in [0.25, 0.3) is 0 Å². The van der Waals surface area contributed by atoms with Crippen molar-refractivity contribution < 1.29 is 14.3 Å². The third-order valence-corrected chi connectivity index (χ3v) is 2.76. The van der Waals surface area contributed by atoms with Crippen LogP contribution in [0.1, 0.15) is 4.88 Å². The van der Waals surface area contributed by atoms with Crippen molar-refractivity contribution in [3.05, 3.63) is 22.4 Å². The molecule has 0 saturated carbocycles. The van der Waals surface area contributed by atoms with Crippen LogP contribution >= 0.6 is 11.3 Å². The normalized spacial score (nSPS) is 12.4. The van der Waals surface area contributed by atoms with E-state index in [1.54, 1.807) is 11.3 Å². The monoisotopic (exact) mass is 229 g/mol. The van der Waals surface area contributed by atoms with E-state index in [9.17, 15) is 4.79 Å². The zero-order chi connectivity index (χ0) is 11.1. The quantitative estimate of drug-likeness (QED) is 0.733. The second-order valence-corrected chi connectivity index (χ2v) is 4.09. The summed E-state index contributed by atoms with van der Waals surface area (Å²) < 4.78 is 9.75. The molecule has 1 heterocycles. The number of thiophene rings is 1. The molecule has 2 N–H and O–H groups in total. The minimum absolute atomic E-state index is 0.192. The number of esters is 1. The summed E-state index contributed by atoms with van der Waals surface area (Å²) in [5.41, 5.74) is 5.49. The van der Waals surface area contributed by atoms with Crippen LogP contribution in [0.5, 0.6) is 0 Å². The van der Waals surface area contributed by atoms with Gasteiger partial charge in [0.05, 0.1) is 13.2 Å². The highest BCUT2D eigenvalue weighted by atomic mass is 32.1. The second kappa shape index (κ2) is 6.55. The predicted octanol–water partition coefficient (Wildman–Crippen LogP) is 0.808. The molecule has 0 radical (unpaired) electrons. The third-order valence-electron chi connectivity index (χ3n) is 1.82. The van der Waals surface area contributed by atoms with Crippen LogP contribution in [0, 0.1) is 0 Å². The van der Waals surface area contributed by atoms with E-state index in [4.69, 9.17) is 15.2 Å². The van der Waals surface area contributed by atoms with E-state index in [0.717, 1.165) is 6.42 Å². The summed E-state index contributed by atoms with van der Waals surface area (Å²) in [5.74, 6) is -0.409. The Morgan fingerprint density at radius 3 is 3.07 bits per heavy atom. The predicted molar refractivity (Wildman–Crippen MR) is 58.8 cm³/mol. The molecule has 0 aliphatic rings. The van der Waals surface area contributed by atoms with Crippen LogP contribution in [0.3, 0.4) is 0 Å². The molecule has 84 valence electrons. The van der Waals surface area contributed by atoms with Gasteiger partial charge in [0, 0.05) is 18.4 Å². The number of hydrogen-bond acceptors (Lipinski definition) is 5. The maximum Gasteiger partial charge on any atom is 0.325 e. The van der Waals surface area contributed by atoms with Crippen molar-refractivity contribution in [1.82, 2.24) is 0 Å². The molecule has 1 aromatic rings. The van der Waals surface area contributed by atoms with Gasteiger partial charge in [0.25, 0.3) is 0 Å². The molecule has 1 aromatic heterocycles. The highest BCUT2D eigenvalue weighted by molar-refractivity contribution is 7.09. The van der Waals surface area contributed by atoms with Crippen LogP contribution in [-0.2, 0) is 20.7 Å². The van der Waals surface area contributed by atoms with Crippen LogP contribution in [-0.4, -0.2) is 32.3 Å². The zero-order valence-electron chi connectivity index (χ0n) is 8.64. The molecule has 1 unspecified atom stereocenters. The first-order valence-electron chi connectivity index (χ1n) is 4.67. The van der Waals surface area contributed by atoms with Crippen LogP contribution in [0.15, 0.2) is 17.5 Å². The van der Waals surface area contributed by atoms with Gasteiger partial charge in [0.15, 0.2) is 0 Å². The molecule has 0 saturated heterocycles. The third kappa shape index (κ3) is 4.42. The van der Waals surface area contributed by atoms with Crippen molar-refractivity contribution in [1.29, 1.82) is 0 Å². The number of carbonyl (C=O) groups excluding carboxylic acids is 1. The van der Waals surface area contributed by atoms with Gasteiger partial charge in [-0.2, -0.15) is 0 Å². The first-order valence-corrected chi connectivity index (χ1v) is 5.55. The van der Waals surface area contributed by atoms with E-state index in [0.29, 0.717) is 6.61 Å². The van der Waals surface area contributed by atoms with E-state index in [-0.39, 0.29) is 6.61 Å². The van der Waals surface area contributed by atoms with Crippen molar-refractivity contribution in [3.63, 3.8) is 0 Å². The Balaban J connectivity index is 2.17. The molecule has 0 amide bonds. The fraction of sp³-hybridized carbons (Fsp3) is 0.500. The lowest BCUT2D eigenvalue weighted by molar-refractivity contribution is -0.146. The van der Waals surface area contributed by atoms with Crippen LogP contribution in [0.2, 0.25) is 0 Å². The summed E-state index contributed by atoms with van der Waals surface area (Å²) in [6.45, 7) is 0.564. The van der Waals surface area contributed by atoms with Gasteiger partial charge in [-0.25, -0.2) is 0 Å². The van der Waals surface area contributed by atoms with Crippen LogP contribution in [0.4, 0.5) is 0 Å². The van der Waals surface area contributed by atoms with Gasteiger partial charge in [-0.15, -0.1) is 11.3 Å². The molecular weight excluding hydrogens is 214 g/mol. The average molecular weight is 229 g/mol. The molecule has 1 atom stereocenters. The summed E-state index contributed by atoms with van der Waals surface area (Å²) in [6.07, 6.45) is 0.739.